The van der Waals surface area contributed by atoms with Crippen molar-refractivity contribution < 1.29 is 14.7 Å². The van der Waals surface area contributed by atoms with E-state index in [-0.39, 0.29) is 18.0 Å². The number of benzene rings is 1. The van der Waals surface area contributed by atoms with Crippen LogP contribution in [-0.4, -0.2) is 21.6 Å². The maximum absolute atomic E-state index is 11.9. The second kappa shape index (κ2) is 4.65. The molecule has 0 aliphatic heterocycles. The van der Waals surface area contributed by atoms with Crippen LogP contribution in [-0.2, 0) is 6.42 Å². The molecule has 1 N–H and O–H groups in total. The SMILES string of the molecule is O=C(O)c1cccn1C(=O)Cc1ccccc1. The predicted octanol–water partition coefficient (Wildman–Crippen LogP) is 2.07. The summed E-state index contributed by atoms with van der Waals surface area (Å²) in [4.78, 5) is 22.8. The average molecular weight is 229 g/mol. The molecule has 1 aromatic carbocycles. The monoisotopic (exact) mass is 229 g/mol. The number of hydrogen-bond donors (Lipinski definition) is 1. The summed E-state index contributed by atoms with van der Waals surface area (Å²) in [6.07, 6.45) is 1.66. The van der Waals surface area contributed by atoms with E-state index in [9.17, 15) is 9.59 Å². The zero-order valence-corrected chi connectivity index (χ0v) is 9.04. The number of carboxylic acids is 1. The van der Waals surface area contributed by atoms with Crippen LogP contribution in [0.1, 0.15) is 20.8 Å². The van der Waals surface area contributed by atoms with Crippen LogP contribution in [0.4, 0.5) is 0 Å². The number of carbonyl (C=O) groups excluding carboxylic acids is 1. The fraction of sp³-hybridized carbons (Fsp3) is 0.0769. The lowest BCUT2D eigenvalue weighted by Crippen LogP contribution is -2.17. The van der Waals surface area contributed by atoms with Crippen molar-refractivity contribution in [3.63, 3.8) is 0 Å². The Balaban J connectivity index is 2.21. The van der Waals surface area contributed by atoms with E-state index in [4.69, 9.17) is 5.11 Å². The van der Waals surface area contributed by atoms with Gasteiger partial charge in [0.25, 0.3) is 0 Å². The molecule has 0 saturated heterocycles. The summed E-state index contributed by atoms with van der Waals surface area (Å²) in [6, 6.07) is 12.2. The molecule has 1 aromatic heterocycles. The maximum atomic E-state index is 11.9. The van der Waals surface area contributed by atoms with E-state index in [0.717, 1.165) is 10.1 Å². The highest BCUT2D eigenvalue weighted by molar-refractivity contribution is 5.93. The summed E-state index contributed by atoms with van der Waals surface area (Å²) in [5, 5.41) is 8.90. The molecule has 1 heterocycles. The van der Waals surface area contributed by atoms with Gasteiger partial charge in [0, 0.05) is 6.20 Å². The van der Waals surface area contributed by atoms with Gasteiger partial charge in [-0.2, -0.15) is 0 Å². The lowest BCUT2D eigenvalue weighted by atomic mass is 10.1. The number of rotatable bonds is 3. The van der Waals surface area contributed by atoms with Crippen LogP contribution in [0.5, 0.6) is 0 Å². The van der Waals surface area contributed by atoms with Crippen molar-refractivity contribution in [3.05, 3.63) is 59.9 Å². The van der Waals surface area contributed by atoms with Gasteiger partial charge in [0.2, 0.25) is 5.91 Å². The summed E-state index contributed by atoms with van der Waals surface area (Å²) >= 11 is 0. The first-order valence-electron chi connectivity index (χ1n) is 5.16. The summed E-state index contributed by atoms with van der Waals surface area (Å²) in [5.41, 5.74) is 0.855. The topological polar surface area (TPSA) is 59.3 Å². The molecule has 0 bridgehead atoms. The van der Waals surface area contributed by atoms with Crippen molar-refractivity contribution in [3.8, 4) is 0 Å². The Bertz CT molecular complexity index is 543. The molecule has 2 rings (SSSR count). The lowest BCUT2D eigenvalue weighted by molar-refractivity contribution is 0.0673. The lowest BCUT2D eigenvalue weighted by Gasteiger charge is -2.04. The molecule has 0 unspecified atom stereocenters. The van der Waals surface area contributed by atoms with Gasteiger partial charge in [0.05, 0.1) is 6.42 Å². The van der Waals surface area contributed by atoms with Crippen molar-refractivity contribution in [1.82, 2.24) is 4.57 Å². The molecule has 0 fully saturated rings. The van der Waals surface area contributed by atoms with E-state index in [1.165, 1.54) is 12.3 Å². The molecular weight excluding hydrogens is 218 g/mol. The molecule has 0 aliphatic carbocycles. The van der Waals surface area contributed by atoms with Crippen LogP contribution < -0.4 is 0 Å². The van der Waals surface area contributed by atoms with Gasteiger partial charge in [-0.15, -0.1) is 0 Å². The second-order valence-corrected chi connectivity index (χ2v) is 3.62. The Hall–Kier alpha value is -2.36. The Morgan fingerprint density at radius 1 is 1.06 bits per heavy atom. The van der Waals surface area contributed by atoms with E-state index in [1.54, 1.807) is 6.07 Å². The van der Waals surface area contributed by atoms with E-state index >= 15 is 0 Å². The number of aromatic nitrogens is 1. The maximum Gasteiger partial charge on any atom is 0.352 e. The summed E-state index contributed by atoms with van der Waals surface area (Å²) in [7, 11) is 0. The van der Waals surface area contributed by atoms with E-state index < -0.39 is 5.97 Å². The Kier molecular flexibility index (Phi) is 3.05. The largest absolute Gasteiger partial charge is 0.477 e. The first kappa shape index (κ1) is 11.1. The first-order chi connectivity index (χ1) is 8.18. The fourth-order valence-corrected chi connectivity index (χ4v) is 1.63. The van der Waals surface area contributed by atoms with E-state index in [0.29, 0.717) is 0 Å². The number of carbonyl (C=O) groups is 2. The minimum absolute atomic E-state index is 0.00840. The van der Waals surface area contributed by atoms with Crippen LogP contribution >= 0.6 is 0 Å². The van der Waals surface area contributed by atoms with Gasteiger partial charge in [0.1, 0.15) is 5.69 Å². The highest BCUT2D eigenvalue weighted by Crippen LogP contribution is 2.06. The number of hydrogen-bond acceptors (Lipinski definition) is 2. The molecule has 0 spiro atoms. The standard InChI is InChI=1S/C13H11NO3/c15-12(9-10-5-2-1-3-6-10)14-8-4-7-11(14)13(16)17/h1-8H,9H2,(H,16,17). The predicted molar refractivity (Wildman–Crippen MR) is 62.2 cm³/mol. The zero-order chi connectivity index (χ0) is 12.3. The van der Waals surface area contributed by atoms with Crippen molar-refractivity contribution >= 4 is 11.9 Å². The summed E-state index contributed by atoms with van der Waals surface area (Å²) in [5.74, 6) is -1.35. The quantitative estimate of drug-likeness (QED) is 0.876. The Labute approximate surface area is 98.1 Å². The van der Waals surface area contributed by atoms with Gasteiger partial charge in [-0.25, -0.2) is 4.79 Å². The average Bonchev–Trinajstić information content (AvgIpc) is 2.79. The van der Waals surface area contributed by atoms with Gasteiger partial charge in [0.15, 0.2) is 0 Å². The van der Waals surface area contributed by atoms with Crippen LogP contribution in [0.3, 0.4) is 0 Å². The highest BCUT2D eigenvalue weighted by atomic mass is 16.4. The fourth-order valence-electron chi connectivity index (χ4n) is 1.63. The molecule has 4 nitrogen and oxygen atoms in total. The van der Waals surface area contributed by atoms with E-state index in [1.807, 2.05) is 30.3 Å². The molecule has 4 heteroatoms. The second-order valence-electron chi connectivity index (χ2n) is 3.62. The third-order valence-electron chi connectivity index (χ3n) is 2.43. The van der Waals surface area contributed by atoms with Crippen LogP contribution in [0.2, 0.25) is 0 Å². The minimum atomic E-state index is -1.10. The smallest absolute Gasteiger partial charge is 0.352 e. The van der Waals surface area contributed by atoms with Crippen molar-refractivity contribution in [1.29, 1.82) is 0 Å². The van der Waals surface area contributed by atoms with E-state index in [2.05, 4.69) is 0 Å². The summed E-state index contributed by atoms with van der Waals surface area (Å²) in [6.45, 7) is 0. The van der Waals surface area contributed by atoms with Crippen LogP contribution in [0.15, 0.2) is 48.7 Å². The van der Waals surface area contributed by atoms with Gasteiger partial charge >= 0.3 is 5.97 Å². The Morgan fingerprint density at radius 2 is 1.76 bits per heavy atom. The number of nitrogens with zero attached hydrogens (tertiary/aromatic N) is 1. The van der Waals surface area contributed by atoms with Gasteiger partial charge < -0.3 is 5.11 Å². The zero-order valence-electron chi connectivity index (χ0n) is 9.04. The first-order valence-corrected chi connectivity index (χ1v) is 5.16. The molecule has 17 heavy (non-hydrogen) atoms. The van der Waals surface area contributed by atoms with Crippen molar-refractivity contribution in [2.75, 3.05) is 0 Å². The number of aromatic carboxylic acids is 1. The van der Waals surface area contributed by atoms with Crippen LogP contribution in [0.25, 0.3) is 0 Å². The Morgan fingerprint density at radius 3 is 2.41 bits per heavy atom. The van der Waals surface area contributed by atoms with Crippen LogP contribution in [0, 0.1) is 0 Å². The molecule has 0 amide bonds. The van der Waals surface area contributed by atoms with Gasteiger partial charge in [-0.1, -0.05) is 30.3 Å². The molecule has 2 aromatic rings. The third kappa shape index (κ3) is 2.42. The molecule has 0 radical (unpaired) electrons. The molecular formula is C13H11NO3. The van der Waals surface area contributed by atoms with Crippen molar-refractivity contribution in [2.45, 2.75) is 6.42 Å². The molecule has 86 valence electrons. The molecule has 0 aliphatic rings. The van der Waals surface area contributed by atoms with Crippen molar-refractivity contribution in [2.24, 2.45) is 0 Å². The molecule has 0 atom stereocenters. The molecule has 0 saturated carbocycles. The third-order valence-corrected chi connectivity index (χ3v) is 2.43. The normalized spacial score (nSPS) is 10.1. The number of carboxylic acid groups (broad SMARTS) is 1. The van der Waals surface area contributed by atoms with Gasteiger partial charge in [-0.05, 0) is 17.7 Å². The van der Waals surface area contributed by atoms with Gasteiger partial charge in [-0.3, -0.25) is 9.36 Å². The summed E-state index contributed by atoms with van der Waals surface area (Å²) < 4.78 is 1.16. The minimum Gasteiger partial charge on any atom is -0.477 e. The highest BCUT2D eigenvalue weighted by Gasteiger charge is 2.14.